The average molecular weight is 272 g/mol. The van der Waals surface area contributed by atoms with E-state index in [1.807, 2.05) is 0 Å². The Morgan fingerprint density at radius 3 is 2.78 bits per heavy atom. The number of benzene rings is 1. The predicted octanol–water partition coefficient (Wildman–Crippen LogP) is -0.302. The van der Waals surface area contributed by atoms with Gasteiger partial charge in [0.05, 0.1) is 12.3 Å². The van der Waals surface area contributed by atoms with Crippen molar-refractivity contribution in [3.63, 3.8) is 0 Å². The summed E-state index contributed by atoms with van der Waals surface area (Å²) in [6.45, 7) is 0.495. The van der Waals surface area contributed by atoms with Gasteiger partial charge in [-0.2, -0.15) is 0 Å². The molecule has 1 unspecified atom stereocenters. The third kappa shape index (κ3) is 2.81. The van der Waals surface area contributed by atoms with Crippen molar-refractivity contribution in [2.45, 2.75) is 16.9 Å². The van der Waals surface area contributed by atoms with Gasteiger partial charge >= 0.3 is 0 Å². The largest absolute Gasteiger partial charge is 0.398 e. The lowest BCUT2D eigenvalue weighted by Crippen LogP contribution is -2.43. The van der Waals surface area contributed by atoms with Crippen LogP contribution < -0.4 is 10.5 Å². The molecule has 0 aromatic heterocycles. The fourth-order valence-corrected chi connectivity index (χ4v) is 3.02. The van der Waals surface area contributed by atoms with E-state index in [1.165, 1.54) is 12.1 Å². The molecule has 7 heteroatoms. The minimum atomic E-state index is -3.71. The number of nitrogen functional groups attached to an aromatic ring is 1. The highest BCUT2D eigenvalue weighted by atomic mass is 32.2. The van der Waals surface area contributed by atoms with E-state index in [-0.39, 0.29) is 23.7 Å². The van der Waals surface area contributed by atoms with Gasteiger partial charge in [-0.25, -0.2) is 13.1 Å². The number of rotatable bonds is 4. The SMILES string of the molecule is Nc1ccccc1S(=O)(=O)NCC1(O)CCOC1. The molecule has 0 radical (unpaired) electrons. The number of para-hydroxylation sites is 1. The first-order valence-electron chi connectivity index (χ1n) is 5.57. The van der Waals surface area contributed by atoms with E-state index in [4.69, 9.17) is 10.5 Å². The molecule has 100 valence electrons. The molecule has 0 spiro atoms. The van der Waals surface area contributed by atoms with Gasteiger partial charge in [-0.05, 0) is 12.1 Å². The highest BCUT2D eigenvalue weighted by Gasteiger charge is 2.33. The Bertz CT molecular complexity index is 524. The van der Waals surface area contributed by atoms with Crippen molar-refractivity contribution in [1.29, 1.82) is 0 Å². The normalized spacial score (nSPS) is 24.3. The van der Waals surface area contributed by atoms with E-state index in [2.05, 4.69) is 4.72 Å². The maximum Gasteiger partial charge on any atom is 0.242 e. The van der Waals surface area contributed by atoms with E-state index in [0.29, 0.717) is 13.0 Å². The number of sulfonamides is 1. The molecule has 1 aliphatic heterocycles. The minimum Gasteiger partial charge on any atom is -0.398 e. The molecule has 0 amide bonds. The van der Waals surface area contributed by atoms with E-state index in [0.717, 1.165) is 0 Å². The predicted molar refractivity (Wildman–Crippen MR) is 66.4 cm³/mol. The first kappa shape index (κ1) is 13.3. The van der Waals surface area contributed by atoms with E-state index in [9.17, 15) is 13.5 Å². The van der Waals surface area contributed by atoms with Crippen LogP contribution in [-0.2, 0) is 14.8 Å². The molecule has 1 fully saturated rings. The van der Waals surface area contributed by atoms with Crippen LogP contribution in [0.5, 0.6) is 0 Å². The average Bonchev–Trinajstić information content (AvgIpc) is 2.75. The van der Waals surface area contributed by atoms with E-state index in [1.54, 1.807) is 12.1 Å². The van der Waals surface area contributed by atoms with Crippen LogP contribution in [0.2, 0.25) is 0 Å². The molecular formula is C11H16N2O4S. The summed E-state index contributed by atoms with van der Waals surface area (Å²) >= 11 is 0. The number of aliphatic hydroxyl groups is 1. The number of anilines is 1. The summed E-state index contributed by atoms with van der Waals surface area (Å²) in [6, 6.07) is 6.19. The van der Waals surface area contributed by atoms with Crippen LogP contribution in [0.1, 0.15) is 6.42 Å². The summed E-state index contributed by atoms with van der Waals surface area (Å²) in [7, 11) is -3.71. The summed E-state index contributed by atoms with van der Waals surface area (Å²) < 4.78 is 31.4. The van der Waals surface area contributed by atoms with Gasteiger partial charge in [0.2, 0.25) is 10.0 Å². The minimum absolute atomic E-state index is 0.0208. The second-order valence-electron chi connectivity index (χ2n) is 4.39. The molecule has 1 saturated heterocycles. The van der Waals surface area contributed by atoms with Crippen LogP contribution in [0.4, 0.5) is 5.69 Å². The van der Waals surface area contributed by atoms with E-state index < -0.39 is 15.6 Å². The van der Waals surface area contributed by atoms with Crippen molar-refractivity contribution < 1.29 is 18.3 Å². The maximum atomic E-state index is 12.0. The van der Waals surface area contributed by atoms with E-state index >= 15 is 0 Å². The zero-order chi connectivity index (χ0) is 13.2. The van der Waals surface area contributed by atoms with Crippen molar-refractivity contribution in [2.75, 3.05) is 25.5 Å². The van der Waals surface area contributed by atoms with Crippen LogP contribution in [0, 0.1) is 0 Å². The Kier molecular flexibility index (Phi) is 3.58. The first-order valence-corrected chi connectivity index (χ1v) is 7.06. The molecule has 1 aromatic rings. The first-order chi connectivity index (χ1) is 8.43. The summed E-state index contributed by atoms with van der Waals surface area (Å²) in [5.41, 5.74) is 4.67. The standard InChI is InChI=1S/C11H16N2O4S/c12-9-3-1-2-4-10(9)18(15,16)13-7-11(14)5-6-17-8-11/h1-4,13-14H,5-8,12H2. The van der Waals surface area contributed by atoms with Crippen molar-refractivity contribution in [1.82, 2.24) is 4.72 Å². The van der Waals surface area contributed by atoms with Crippen LogP contribution >= 0.6 is 0 Å². The molecule has 2 rings (SSSR count). The fourth-order valence-electron chi connectivity index (χ4n) is 1.77. The zero-order valence-electron chi connectivity index (χ0n) is 9.80. The topological polar surface area (TPSA) is 102 Å². The summed E-state index contributed by atoms with van der Waals surface area (Å²) in [5, 5.41) is 9.99. The Morgan fingerprint density at radius 2 is 2.17 bits per heavy atom. The third-order valence-corrected chi connectivity index (χ3v) is 4.36. The number of hydrogen-bond donors (Lipinski definition) is 3. The van der Waals surface area contributed by atoms with Crippen molar-refractivity contribution >= 4 is 15.7 Å². The number of ether oxygens (including phenoxy) is 1. The molecule has 6 nitrogen and oxygen atoms in total. The Morgan fingerprint density at radius 1 is 1.44 bits per heavy atom. The zero-order valence-corrected chi connectivity index (χ0v) is 10.6. The van der Waals surface area contributed by atoms with Crippen LogP contribution in [-0.4, -0.2) is 38.9 Å². The summed E-state index contributed by atoms with van der Waals surface area (Å²) in [6.07, 6.45) is 0.416. The monoisotopic (exact) mass is 272 g/mol. The van der Waals surface area contributed by atoms with Crippen molar-refractivity contribution in [3.8, 4) is 0 Å². The van der Waals surface area contributed by atoms with Crippen LogP contribution in [0.15, 0.2) is 29.2 Å². The third-order valence-electron chi connectivity index (χ3n) is 2.88. The molecule has 0 saturated carbocycles. The molecule has 1 heterocycles. The molecule has 0 aliphatic carbocycles. The summed E-state index contributed by atoms with van der Waals surface area (Å²) in [5.74, 6) is 0. The maximum absolute atomic E-state index is 12.0. The van der Waals surface area contributed by atoms with Gasteiger partial charge in [-0.1, -0.05) is 12.1 Å². The number of nitrogens with one attached hydrogen (secondary N) is 1. The second-order valence-corrected chi connectivity index (χ2v) is 6.12. The second kappa shape index (κ2) is 4.85. The number of hydrogen-bond acceptors (Lipinski definition) is 5. The van der Waals surface area contributed by atoms with Crippen molar-refractivity contribution in [2.24, 2.45) is 0 Å². The molecule has 1 aliphatic rings. The van der Waals surface area contributed by atoms with Gasteiger partial charge in [-0.3, -0.25) is 0 Å². The Labute approximate surface area is 106 Å². The van der Waals surface area contributed by atoms with Gasteiger partial charge in [0.1, 0.15) is 10.5 Å². The molecule has 1 atom stereocenters. The molecular weight excluding hydrogens is 256 g/mol. The smallest absolute Gasteiger partial charge is 0.242 e. The van der Waals surface area contributed by atoms with Gasteiger partial charge in [0, 0.05) is 19.6 Å². The van der Waals surface area contributed by atoms with Crippen molar-refractivity contribution in [3.05, 3.63) is 24.3 Å². The van der Waals surface area contributed by atoms with Gasteiger partial charge in [0.25, 0.3) is 0 Å². The lowest BCUT2D eigenvalue weighted by molar-refractivity contribution is 0.0314. The van der Waals surface area contributed by atoms with Gasteiger partial charge in [0.15, 0.2) is 0 Å². The lowest BCUT2D eigenvalue weighted by atomic mass is 10.1. The Hall–Kier alpha value is -1.15. The highest BCUT2D eigenvalue weighted by molar-refractivity contribution is 7.89. The van der Waals surface area contributed by atoms with Crippen LogP contribution in [0.25, 0.3) is 0 Å². The Balaban J connectivity index is 2.11. The highest BCUT2D eigenvalue weighted by Crippen LogP contribution is 2.20. The summed E-state index contributed by atoms with van der Waals surface area (Å²) in [4.78, 5) is 0.0208. The molecule has 0 bridgehead atoms. The van der Waals surface area contributed by atoms with Gasteiger partial charge < -0.3 is 15.6 Å². The molecule has 1 aromatic carbocycles. The fraction of sp³-hybridized carbons (Fsp3) is 0.455. The van der Waals surface area contributed by atoms with Crippen LogP contribution in [0.3, 0.4) is 0 Å². The number of nitrogens with two attached hydrogens (primary N) is 1. The van der Waals surface area contributed by atoms with Gasteiger partial charge in [-0.15, -0.1) is 0 Å². The molecule has 18 heavy (non-hydrogen) atoms. The lowest BCUT2D eigenvalue weighted by Gasteiger charge is -2.20. The quantitative estimate of drug-likeness (QED) is 0.653. The molecule has 4 N–H and O–H groups in total.